The van der Waals surface area contributed by atoms with Crippen molar-refractivity contribution in [3.8, 4) is 11.5 Å². The van der Waals surface area contributed by atoms with E-state index in [0.29, 0.717) is 17.1 Å². The highest BCUT2D eigenvalue weighted by Gasteiger charge is 2.30. The van der Waals surface area contributed by atoms with E-state index in [1.807, 2.05) is 0 Å². The predicted octanol–water partition coefficient (Wildman–Crippen LogP) is 5.27. The molecule has 2 aromatic rings. The summed E-state index contributed by atoms with van der Waals surface area (Å²) in [6, 6.07) is 7.50. The third kappa shape index (κ3) is 4.54. The smallest absolute Gasteiger partial charge is 0.416 e. The van der Waals surface area contributed by atoms with Gasteiger partial charge in [-0.05, 0) is 54.1 Å². The topological polar surface area (TPSA) is 35.5 Å². The Morgan fingerprint density at radius 2 is 1.72 bits per heavy atom. The molecular weight excluding hydrogens is 357 g/mol. The Morgan fingerprint density at radius 3 is 2.32 bits per heavy atom. The molecule has 0 saturated carbocycles. The lowest BCUT2D eigenvalue weighted by Crippen LogP contribution is -2.04. The molecular formula is C18H14ClF3O3. The number of alkyl halides is 3. The van der Waals surface area contributed by atoms with E-state index in [0.717, 1.165) is 24.3 Å². The van der Waals surface area contributed by atoms with Gasteiger partial charge < -0.3 is 9.47 Å². The van der Waals surface area contributed by atoms with E-state index in [4.69, 9.17) is 21.1 Å². The second-order valence-electron chi connectivity index (χ2n) is 5.00. The van der Waals surface area contributed by atoms with Crippen LogP contribution < -0.4 is 9.47 Å². The molecule has 0 saturated heterocycles. The largest absolute Gasteiger partial charge is 0.493 e. The van der Waals surface area contributed by atoms with Crippen LogP contribution in [0.4, 0.5) is 13.2 Å². The van der Waals surface area contributed by atoms with Crippen molar-refractivity contribution in [2.75, 3.05) is 14.2 Å². The molecule has 0 atom stereocenters. The van der Waals surface area contributed by atoms with Crippen molar-refractivity contribution in [3.63, 3.8) is 0 Å². The number of benzene rings is 2. The SMILES string of the molecule is COc1ccc(C(=O)/C=C/c2cc(C(F)(F)F)ccc2Cl)cc1OC. The normalized spacial score (nSPS) is 11.6. The second kappa shape index (κ2) is 7.61. The van der Waals surface area contributed by atoms with Crippen LogP contribution in [0.1, 0.15) is 21.5 Å². The molecule has 0 aliphatic carbocycles. The Kier molecular flexibility index (Phi) is 5.74. The lowest BCUT2D eigenvalue weighted by atomic mass is 10.1. The molecule has 0 heterocycles. The molecule has 0 aliphatic heterocycles. The number of carbonyl (C=O) groups excluding carboxylic acids is 1. The Hall–Kier alpha value is -2.47. The molecule has 25 heavy (non-hydrogen) atoms. The summed E-state index contributed by atoms with van der Waals surface area (Å²) in [4.78, 5) is 12.2. The maximum atomic E-state index is 12.8. The minimum atomic E-state index is -4.49. The quantitative estimate of drug-likeness (QED) is 0.531. The zero-order valence-corrected chi connectivity index (χ0v) is 14.1. The van der Waals surface area contributed by atoms with Gasteiger partial charge in [-0.2, -0.15) is 13.2 Å². The van der Waals surface area contributed by atoms with Crippen LogP contribution in [-0.4, -0.2) is 20.0 Å². The highest BCUT2D eigenvalue weighted by molar-refractivity contribution is 6.32. The van der Waals surface area contributed by atoms with Crippen molar-refractivity contribution < 1.29 is 27.4 Å². The summed E-state index contributed by atoms with van der Waals surface area (Å²) in [7, 11) is 2.90. The van der Waals surface area contributed by atoms with E-state index in [2.05, 4.69) is 0 Å². The summed E-state index contributed by atoms with van der Waals surface area (Å²) >= 11 is 5.90. The molecule has 0 bridgehead atoms. The number of ketones is 1. The zero-order chi connectivity index (χ0) is 18.6. The Morgan fingerprint density at radius 1 is 1.04 bits per heavy atom. The minimum Gasteiger partial charge on any atom is -0.493 e. The fraction of sp³-hybridized carbons (Fsp3) is 0.167. The van der Waals surface area contributed by atoms with Gasteiger partial charge in [0.05, 0.1) is 19.8 Å². The molecule has 7 heteroatoms. The van der Waals surface area contributed by atoms with Crippen molar-refractivity contribution in [3.05, 3.63) is 64.2 Å². The third-order valence-corrected chi connectivity index (χ3v) is 3.75. The zero-order valence-electron chi connectivity index (χ0n) is 13.4. The van der Waals surface area contributed by atoms with Crippen LogP contribution in [0.25, 0.3) is 6.08 Å². The summed E-state index contributed by atoms with van der Waals surface area (Å²) in [5.41, 5.74) is -0.433. The van der Waals surface area contributed by atoms with Crippen LogP contribution >= 0.6 is 11.6 Å². The number of methoxy groups -OCH3 is 2. The van der Waals surface area contributed by atoms with Crippen molar-refractivity contribution in [2.45, 2.75) is 6.18 Å². The fourth-order valence-corrected chi connectivity index (χ4v) is 2.28. The number of hydrogen-bond donors (Lipinski definition) is 0. The van der Waals surface area contributed by atoms with Crippen molar-refractivity contribution in [1.82, 2.24) is 0 Å². The summed E-state index contributed by atoms with van der Waals surface area (Å²) in [5, 5.41) is 0.115. The molecule has 2 aromatic carbocycles. The summed E-state index contributed by atoms with van der Waals surface area (Å²) in [5.74, 6) is 0.428. The molecule has 132 valence electrons. The van der Waals surface area contributed by atoms with Crippen LogP contribution in [0, 0.1) is 0 Å². The Balaban J connectivity index is 2.29. The number of hydrogen-bond acceptors (Lipinski definition) is 3. The first-order chi connectivity index (χ1) is 11.8. The van der Waals surface area contributed by atoms with Gasteiger partial charge in [-0.1, -0.05) is 11.6 Å². The van der Waals surface area contributed by atoms with Gasteiger partial charge in [0.15, 0.2) is 17.3 Å². The van der Waals surface area contributed by atoms with Gasteiger partial charge >= 0.3 is 6.18 Å². The summed E-state index contributed by atoms with van der Waals surface area (Å²) in [6.07, 6.45) is -2.08. The molecule has 0 aromatic heterocycles. The predicted molar refractivity (Wildman–Crippen MR) is 89.4 cm³/mol. The molecule has 0 N–H and O–H groups in total. The highest BCUT2D eigenvalue weighted by Crippen LogP contribution is 2.32. The standard InChI is InChI=1S/C18H14ClF3O3/c1-24-16-8-4-12(10-17(16)25-2)15(23)7-3-11-9-13(18(20,21)22)5-6-14(11)19/h3-10H,1-2H3/b7-3+. The van der Waals surface area contributed by atoms with E-state index >= 15 is 0 Å². The van der Waals surface area contributed by atoms with Crippen molar-refractivity contribution in [2.24, 2.45) is 0 Å². The number of ether oxygens (including phenoxy) is 2. The van der Waals surface area contributed by atoms with E-state index in [-0.39, 0.29) is 10.6 Å². The van der Waals surface area contributed by atoms with Crippen LogP contribution in [0.5, 0.6) is 11.5 Å². The maximum Gasteiger partial charge on any atom is 0.416 e. The highest BCUT2D eigenvalue weighted by atomic mass is 35.5. The first-order valence-electron chi connectivity index (χ1n) is 7.07. The van der Waals surface area contributed by atoms with Gasteiger partial charge in [-0.25, -0.2) is 0 Å². The van der Waals surface area contributed by atoms with Gasteiger partial charge in [0.25, 0.3) is 0 Å². The number of halogens is 4. The number of carbonyl (C=O) groups is 1. The Labute approximate surface area is 147 Å². The van der Waals surface area contributed by atoms with Crippen molar-refractivity contribution in [1.29, 1.82) is 0 Å². The average molecular weight is 371 g/mol. The van der Waals surface area contributed by atoms with Crippen LogP contribution in [0.2, 0.25) is 5.02 Å². The van der Waals surface area contributed by atoms with E-state index in [1.54, 1.807) is 6.07 Å². The first kappa shape index (κ1) is 18.9. The van der Waals surface area contributed by atoms with Crippen LogP contribution in [-0.2, 0) is 6.18 Å². The van der Waals surface area contributed by atoms with E-state index in [1.165, 1.54) is 32.4 Å². The molecule has 0 unspecified atom stereocenters. The molecule has 0 aliphatic rings. The molecule has 2 rings (SSSR count). The molecule has 0 fully saturated rings. The van der Waals surface area contributed by atoms with Gasteiger partial charge in [0, 0.05) is 10.6 Å². The second-order valence-corrected chi connectivity index (χ2v) is 5.41. The van der Waals surface area contributed by atoms with Crippen LogP contribution in [0.3, 0.4) is 0 Å². The number of rotatable bonds is 5. The molecule has 0 radical (unpaired) electrons. The average Bonchev–Trinajstić information content (AvgIpc) is 2.59. The molecule has 3 nitrogen and oxygen atoms in total. The van der Waals surface area contributed by atoms with E-state index < -0.39 is 17.5 Å². The van der Waals surface area contributed by atoms with Gasteiger partial charge in [0.1, 0.15) is 0 Å². The lowest BCUT2D eigenvalue weighted by Gasteiger charge is -2.09. The maximum absolute atomic E-state index is 12.8. The van der Waals surface area contributed by atoms with Gasteiger partial charge in [0.2, 0.25) is 0 Å². The van der Waals surface area contributed by atoms with Gasteiger partial charge in [-0.15, -0.1) is 0 Å². The number of allylic oxidation sites excluding steroid dienone is 1. The molecule has 0 spiro atoms. The monoisotopic (exact) mass is 370 g/mol. The lowest BCUT2D eigenvalue weighted by molar-refractivity contribution is -0.137. The molecule has 0 amide bonds. The fourth-order valence-electron chi connectivity index (χ4n) is 2.10. The van der Waals surface area contributed by atoms with Crippen molar-refractivity contribution >= 4 is 23.5 Å². The Bertz CT molecular complexity index is 814. The van der Waals surface area contributed by atoms with Gasteiger partial charge in [-0.3, -0.25) is 4.79 Å². The third-order valence-electron chi connectivity index (χ3n) is 3.41. The first-order valence-corrected chi connectivity index (χ1v) is 7.45. The van der Waals surface area contributed by atoms with E-state index in [9.17, 15) is 18.0 Å². The van der Waals surface area contributed by atoms with Crippen LogP contribution in [0.15, 0.2) is 42.5 Å². The minimum absolute atomic E-state index is 0.102. The summed E-state index contributed by atoms with van der Waals surface area (Å²) in [6.45, 7) is 0. The summed E-state index contributed by atoms with van der Waals surface area (Å²) < 4.78 is 48.5.